The summed E-state index contributed by atoms with van der Waals surface area (Å²) in [6.07, 6.45) is 0.398. The van der Waals surface area contributed by atoms with Gasteiger partial charge in [0.15, 0.2) is 6.10 Å². The lowest BCUT2D eigenvalue weighted by molar-refractivity contribution is -0.127. The highest BCUT2D eigenvalue weighted by Crippen LogP contribution is 2.27. The lowest BCUT2D eigenvalue weighted by Crippen LogP contribution is -2.41. The van der Waals surface area contributed by atoms with Crippen molar-refractivity contribution in [1.29, 1.82) is 0 Å². The standard InChI is InChI=1S/C17H28N2O2/c1-7-12(3)19-17(20)14(5)21-16-9-8-11(2)10-15(16)13(4)18-6/h8-10,12-14,18H,7H2,1-6H3,(H,19,20). The Kier molecular flexibility index (Phi) is 6.69. The highest BCUT2D eigenvalue weighted by molar-refractivity contribution is 5.81. The van der Waals surface area contributed by atoms with Crippen molar-refractivity contribution in [3.63, 3.8) is 0 Å². The number of carbonyl (C=O) groups excluding carboxylic acids is 1. The fraction of sp³-hybridized carbons (Fsp3) is 0.588. The van der Waals surface area contributed by atoms with Crippen molar-refractivity contribution >= 4 is 5.91 Å². The highest BCUT2D eigenvalue weighted by Gasteiger charge is 2.19. The van der Waals surface area contributed by atoms with Crippen molar-refractivity contribution in [2.24, 2.45) is 0 Å². The summed E-state index contributed by atoms with van der Waals surface area (Å²) in [6, 6.07) is 6.36. The zero-order valence-corrected chi connectivity index (χ0v) is 14.0. The topological polar surface area (TPSA) is 50.4 Å². The van der Waals surface area contributed by atoms with Crippen LogP contribution >= 0.6 is 0 Å². The second-order valence-electron chi connectivity index (χ2n) is 5.63. The van der Waals surface area contributed by atoms with Crippen LogP contribution < -0.4 is 15.4 Å². The van der Waals surface area contributed by atoms with Crippen molar-refractivity contribution in [3.05, 3.63) is 29.3 Å². The number of hydrogen-bond donors (Lipinski definition) is 2. The van der Waals surface area contributed by atoms with Gasteiger partial charge < -0.3 is 15.4 Å². The van der Waals surface area contributed by atoms with E-state index in [2.05, 4.69) is 30.5 Å². The summed E-state index contributed by atoms with van der Waals surface area (Å²) < 4.78 is 5.88. The smallest absolute Gasteiger partial charge is 0.260 e. The molecule has 1 aromatic rings. The van der Waals surface area contributed by atoms with Crippen LogP contribution in [0.5, 0.6) is 5.75 Å². The first-order valence-corrected chi connectivity index (χ1v) is 7.63. The first kappa shape index (κ1) is 17.5. The predicted octanol–water partition coefficient (Wildman–Crippen LogP) is 2.96. The maximum absolute atomic E-state index is 12.1. The number of hydrogen-bond acceptors (Lipinski definition) is 3. The summed E-state index contributed by atoms with van der Waals surface area (Å²) in [6.45, 7) is 9.94. The van der Waals surface area contributed by atoms with E-state index in [-0.39, 0.29) is 18.0 Å². The van der Waals surface area contributed by atoms with Crippen LogP contribution in [0.4, 0.5) is 0 Å². The van der Waals surface area contributed by atoms with Crippen LogP contribution in [0.2, 0.25) is 0 Å². The Morgan fingerprint density at radius 3 is 2.52 bits per heavy atom. The molecule has 0 aliphatic carbocycles. The van der Waals surface area contributed by atoms with Gasteiger partial charge in [-0.1, -0.05) is 24.6 Å². The maximum atomic E-state index is 12.1. The summed E-state index contributed by atoms with van der Waals surface area (Å²) in [4.78, 5) is 12.1. The third kappa shape index (κ3) is 5.05. The minimum absolute atomic E-state index is 0.0759. The average molecular weight is 292 g/mol. The molecule has 0 bridgehead atoms. The molecule has 21 heavy (non-hydrogen) atoms. The summed E-state index contributed by atoms with van der Waals surface area (Å²) in [7, 11) is 1.91. The van der Waals surface area contributed by atoms with Crippen molar-refractivity contribution in [2.45, 2.75) is 59.2 Å². The number of ether oxygens (including phenoxy) is 1. The van der Waals surface area contributed by atoms with Crippen LogP contribution in [0.15, 0.2) is 18.2 Å². The molecule has 0 aliphatic heterocycles. The molecule has 0 aliphatic rings. The van der Waals surface area contributed by atoms with Gasteiger partial charge in [-0.3, -0.25) is 4.79 Å². The van der Waals surface area contributed by atoms with E-state index >= 15 is 0 Å². The molecule has 2 N–H and O–H groups in total. The van der Waals surface area contributed by atoms with E-state index < -0.39 is 6.10 Å². The van der Waals surface area contributed by atoms with E-state index in [0.717, 1.165) is 17.7 Å². The largest absolute Gasteiger partial charge is 0.481 e. The molecule has 1 amide bonds. The normalized spacial score (nSPS) is 15.1. The van der Waals surface area contributed by atoms with Crippen LogP contribution in [0.25, 0.3) is 0 Å². The summed E-state index contributed by atoms with van der Waals surface area (Å²) >= 11 is 0. The lowest BCUT2D eigenvalue weighted by atomic mass is 10.0. The molecule has 3 atom stereocenters. The quantitative estimate of drug-likeness (QED) is 0.812. The molecule has 4 heteroatoms. The van der Waals surface area contributed by atoms with E-state index in [4.69, 9.17) is 4.74 Å². The van der Waals surface area contributed by atoms with Gasteiger partial charge in [0.05, 0.1) is 0 Å². The molecule has 3 unspecified atom stereocenters. The Hall–Kier alpha value is -1.55. The molecular formula is C17H28N2O2. The minimum Gasteiger partial charge on any atom is -0.481 e. The number of amides is 1. The molecule has 0 radical (unpaired) electrons. The Labute approximate surface area is 128 Å². The van der Waals surface area contributed by atoms with Gasteiger partial charge in [0.25, 0.3) is 5.91 Å². The molecule has 0 aromatic heterocycles. The minimum atomic E-state index is -0.510. The van der Waals surface area contributed by atoms with Crippen LogP contribution in [-0.4, -0.2) is 25.1 Å². The lowest BCUT2D eigenvalue weighted by Gasteiger charge is -2.21. The van der Waals surface area contributed by atoms with Crippen molar-refractivity contribution in [3.8, 4) is 5.75 Å². The van der Waals surface area contributed by atoms with Gasteiger partial charge in [-0.15, -0.1) is 0 Å². The zero-order valence-electron chi connectivity index (χ0n) is 14.0. The van der Waals surface area contributed by atoms with Crippen LogP contribution in [0.1, 0.15) is 51.3 Å². The Morgan fingerprint density at radius 2 is 1.95 bits per heavy atom. The molecule has 118 valence electrons. The highest BCUT2D eigenvalue weighted by atomic mass is 16.5. The molecule has 0 saturated heterocycles. The van der Waals surface area contributed by atoms with Crippen LogP contribution in [0, 0.1) is 6.92 Å². The fourth-order valence-corrected chi connectivity index (χ4v) is 1.98. The average Bonchev–Trinajstić information content (AvgIpc) is 2.47. The van der Waals surface area contributed by atoms with Gasteiger partial charge in [0.2, 0.25) is 0 Å². The number of carbonyl (C=O) groups is 1. The number of rotatable bonds is 7. The molecular weight excluding hydrogens is 264 g/mol. The van der Waals surface area contributed by atoms with Crippen LogP contribution in [-0.2, 0) is 4.79 Å². The number of benzene rings is 1. The Morgan fingerprint density at radius 1 is 1.29 bits per heavy atom. The molecule has 1 aromatic carbocycles. The van der Waals surface area contributed by atoms with Crippen molar-refractivity contribution in [1.82, 2.24) is 10.6 Å². The first-order valence-electron chi connectivity index (χ1n) is 7.63. The molecule has 0 heterocycles. The summed E-state index contributed by atoms with van der Waals surface area (Å²) in [5.74, 6) is 0.683. The predicted molar refractivity (Wildman–Crippen MR) is 86.6 cm³/mol. The molecule has 4 nitrogen and oxygen atoms in total. The number of nitrogens with one attached hydrogen (secondary N) is 2. The third-order valence-electron chi connectivity index (χ3n) is 3.74. The zero-order chi connectivity index (χ0) is 16.0. The second kappa shape index (κ2) is 8.03. The molecule has 1 rings (SSSR count). The Bertz CT molecular complexity index is 474. The van der Waals surface area contributed by atoms with Gasteiger partial charge in [-0.2, -0.15) is 0 Å². The summed E-state index contributed by atoms with van der Waals surface area (Å²) in [5.41, 5.74) is 2.25. The van der Waals surface area contributed by atoms with E-state index in [1.54, 1.807) is 6.92 Å². The molecule has 0 spiro atoms. The van der Waals surface area contributed by atoms with Gasteiger partial charge in [-0.25, -0.2) is 0 Å². The van der Waals surface area contributed by atoms with Crippen molar-refractivity contribution < 1.29 is 9.53 Å². The van der Waals surface area contributed by atoms with E-state index in [1.807, 2.05) is 33.0 Å². The van der Waals surface area contributed by atoms with Crippen molar-refractivity contribution in [2.75, 3.05) is 7.05 Å². The van der Waals surface area contributed by atoms with Gasteiger partial charge in [-0.05, 0) is 47.2 Å². The maximum Gasteiger partial charge on any atom is 0.260 e. The van der Waals surface area contributed by atoms with Gasteiger partial charge >= 0.3 is 0 Å². The Balaban J connectivity index is 2.84. The van der Waals surface area contributed by atoms with Gasteiger partial charge in [0.1, 0.15) is 5.75 Å². The van der Waals surface area contributed by atoms with Gasteiger partial charge in [0, 0.05) is 17.6 Å². The SMILES string of the molecule is CCC(C)NC(=O)C(C)Oc1ccc(C)cc1C(C)NC. The monoisotopic (exact) mass is 292 g/mol. The van der Waals surface area contributed by atoms with E-state index in [0.29, 0.717) is 0 Å². The second-order valence-corrected chi connectivity index (χ2v) is 5.63. The molecule has 0 saturated carbocycles. The van der Waals surface area contributed by atoms with Crippen LogP contribution in [0.3, 0.4) is 0 Å². The third-order valence-corrected chi connectivity index (χ3v) is 3.74. The molecule has 0 fully saturated rings. The van der Waals surface area contributed by atoms with E-state index in [9.17, 15) is 4.79 Å². The first-order chi connectivity index (χ1) is 9.88. The fourth-order valence-electron chi connectivity index (χ4n) is 1.98. The number of aryl methyl sites for hydroxylation is 1. The summed E-state index contributed by atoms with van der Waals surface area (Å²) in [5, 5.41) is 6.16. The van der Waals surface area contributed by atoms with E-state index in [1.165, 1.54) is 5.56 Å².